The zero-order valence-corrected chi connectivity index (χ0v) is 25.2. The van der Waals surface area contributed by atoms with E-state index in [4.69, 9.17) is 23.2 Å². The molecule has 220 valence electrons. The average Bonchev–Trinajstić information content (AvgIpc) is 3.28. The minimum absolute atomic E-state index is 0.0274. The molecule has 4 aromatic rings. The maximum absolute atomic E-state index is 14.1. The number of likely N-dealkylation sites (tertiary alicyclic amines) is 1. The van der Waals surface area contributed by atoms with Gasteiger partial charge in [-0.2, -0.15) is 0 Å². The fourth-order valence-corrected chi connectivity index (χ4v) is 6.78. The van der Waals surface area contributed by atoms with Gasteiger partial charge in [0.2, 0.25) is 5.91 Å². The number of hydrogen-bond acceptors (Lipinski definition) is 4. The fraction of sp³-hybridized carbons (Fsp3) is 0.265. The first kappa shape index (κ1) is 29.0. The van der Waals surface area contributed by atoms with Gasteiger partial charge in [-0.25, -0.2) is 0 Å². The van der Waals surface area contributed by atoms with Crippen LogP contribution in [0.4, 0.5) is 5.69 Å². The second-order valence-electron chi connectivity index (χ2n) is 11.1. The van der Waals surface area contributed by atoms with E-state index in [1.54, 1.807) is 17.0 Å². The van der Waals surface area contributed by atoms with Gasteiger partial charge in [-0.15, -0.1) is 0 Å². The number of carbonyl (C=O) groups is 3. The lowest BCUT2D eigenvalue weighted by atomic mass is 9.85. The lowest BCUT2D eigenvalue weighted by Gasteiger charge is -2.43. The molecule has 9 heteroatoms. The minimum atomic E-state index is -0.825. The number of benzene rings is 4. The monoisotopic (exact) mass is 614 g/mol. The van der Waals surface area contributed by atoms with Crippen molar-refractivity contribution in [2.45, 2.75) is 24.8 Å². The highest BCUT2D eigenvalue weighted by molar-refractivity contribution is 6.35. The molecule has 1 N–H and O–H groups in total. The number of amides is 3. The van der Waals surface area contributed by atoms with Crippen molar-refractivity contribution in [3.05, 3.63) is 112 Å². The molecule has 2 aliphatic rings. The van der Waals surface area contributed by atoms with Gasteiger partial charge in [-0.05, 0) is 65.9 Å². The standard InChI is InChI=1S/C34H32Cl2N4O3/c35-26-14-13-25(30(36)21-26)15-18-37-31(41)22-39-23-40(27-9-2-1-3-10-27)34(33(39)43)16-19-38(20-17-34)32(42)29-12-6-8-24-7-4-5-11-28(24)29/h1-14,21H,15-20,22-23H2,(H,37,41). The van der Waals surface area contributed by atoms with Gasteiger partial charge >= 0.3 is 0 Å². The summed E-state index contributed by atoms with van der Waals surface area (Å²) in [4.78, 5) is 46.3. The largest absolute Gasteiger partial charge is 0.354 e. The lowest BCUT2D eigenvalue weighted by molar-refractivity contribution is -0.137. The Morgan fingerprint density at radius 2 is 1.58 bits per heavy atom. The van der Waals surface area contributed by atoms with Crippen LogP contribution >= 0.6 is 23.2 Å². The highest BCUT2D eigenvalue weighted by Gasteiger charge is 2.54. The summed E-state index contributed by atoms with van der Waals surface area (Å²) in [5, 5.41) is 5.99. The molecule has 7 nitrogen and oxygen atoms in total. The van der Waals surface area contributed by atoms with E-state index in [0.29, 0.717) is 61.2 Å². The number of carbonyl (C=O) groups excluding carboxylic acids is 3. The molecule has 43 heavy (non-hydrogen) atoms. The van der Waals surface area contributed by atoms with Gasteiger partial charge in [-0.3, -0.25) is 14.4 Å². The van der Waals surface area contributed by atoms with Gasteiger partial charge in [0.25, 0.3) is 11.8 Å². The molecule has 2 fully saturated rings. The van der Waals surface area contributed by atoms with E-state index in [2.05, 4.69) is 10.2 Å². The summed E-state index contributed by atoms with van der Waals surface area (Å²) >= 11 is 12.3. The van der Waals surface area contributed by atoms with Crippen LogP contribution in [0.2, 0.25) is 10.0 Å². The molecule has 1 spiro atoms. The quantitative estimate of drug-likeness (QED) is 0.286. The summed E-state index contributed by atoms with van der Waals surface area (Å²) in [5.41, 5.74) is 1.66. The van der Waals surface area contributed by atoms with Crippen molar-refractivity contribution in [3.63, 3.8) is 0 Å². The number of para-hydroxylation sites is 1. The molecule has 4 aromatic carbocycles. The van der Waals surface area contributed by atoms with Crippen LogP contribution in [-0.4, -0.2) is 65.9 Å². The zero-order chi connectivity index (χ0) is 30.0. The molecule has 0 radical (unpaired) electrons. The Morgan fingerprint density at radius 3 is 2.35 bits per heavy atom. The summed E-state index contributed by atoms with van der Waals surface area (Å²) in [6, 6.07) is 28.8. The van der Waals surface area contributed by atoms with Crippen molar-refractivity contribution in [2.24, 2.45) is 0 Å². The van der Waals surface area contributed by atoms with Crippen LogP contribution in [0.5, 0.6) is 0 Å². The lowest BCUT2D eigenvalue weighted by Crippen LogP contribution is -2.57. The van der Waals surface area contributed by atoms with Crippen molar-refractivity contribution >= 4 is 57.4 Å². The molecule has 6 rings (SSSR count). The van der Waals surface area contributed by atoms with Crippen molar-refractivity contribution in [3.8, 4) is 0 Å². The maximum Gasteiger partial charge on any atom is 0.254 e. The number of nitrogens with one attached hydrogen (secondary N) is 1. The van der Waals surface area contributed by atoms with Crippen LogP contribution in [0.15, 0.2) is 91.0 Å². The minimum Gasteiger partial charge on any atom is -0.354 e. The second kappa shape index (κ2) is 12.3. The topological polar surface area (TPSA) is 73.0 Å². The Labute approximate surface area is 261 Å². The van der Waals surface area contributed by atoms with Gasteiger partial charge in [0, 0.05) is 40.9 Å². The normalized spacial score (nSPS) is 16.2. The maximum atomic E-state index is 14.1. The van der Waals surface area contributed by atoms with Crippen molar-refractivity contribution in [1.29, 1.82) is 0 Å². The van der Waals surface area contributed by atoms with E-state index >= 15 is 0 Å². The molecule has 0 aromatic heterocycles. The fourth-order valence-electron chi connectivity index (χ4n) is 6.27. The smallest absolute Gasteiger partial charge is 0.254 e. The molecular formula is C34H32Cl2N4O3. The summed E-state index contributed by atoms with van der Waals surface area (Å²) < 4.78 is 0. The second-order valence-corrected chi connectivity index (χ2v) is 11.9. The summed E-state index contributed by atoms with van der Waals surface area (Å²) in [5.74, 6) is -0.336. The molecule has 2 heterocycles. The molecular weight excluding hydrogens is 583 g/mol. The summed E-state index contributed by atoms with van der Waals surface area (Å²) in [6.07, 6.45) is 1.51. The Hall–Kier alpha value is -4.07. The SMILES string of the molecule is O=C(CN1CN(c2ccccc2)C2(CCN(C(=O)c3cccc4ccccc34)CC2)C1=O)NCCc1ccc(Cl)cc1Cl. The zero-order valence-electron chi connectivity index (χ0n) is 23.6. The van der Waals surface area contributed by atoms with Crippen LogP contribution in [0.1, 0.15) is 28.8 Å². The van der Waals surface area contributed by atoms with Crippen LogP contribution in [-0.2, 0) is 16.0 Å². The predicted molar refractivity (Wildman–Crippen MR) is 170 cm³/mol. The van der Waals surface area contributed by atoms with Crippen molar-refractivity contribution in [2.75, 3.05) is 37.7 Å². The van der Waals surface area contributed by atoms with E-state index in [1.165, 1.54) is 0 Å². The van der Waals surface area contributed by atoms with E-state index in [9.17, 15) is 14.4 Å². The third-order valence-corrected chi connectivity index (χ3v) is 9.13. The Morgan fingerprint density at radius 1 is 0.860 bits per heavy atom. The first-order chi connectivity index (χ1) is 20.9. The highest BCUT2D eigenvalue weighted by Crippen LogP contribution is 2.40. The van der Waals surface area contributed by atoms with Crippen LogP contribution < -0.4 is 10.2 Å². The van der Waals surface area contributed by atoms with Crippen molar-refractivity contribution in [1.82, 2.24) is 15.1 Å². The molecule has 0 saturated carbocycles. The number of rotatable bonds is 7. The first-order valence-corrected chi connectivity index (χ1v) is 15.2. The van der Waals surface area contributed by atoms with Crippen LogP contribution in [0, 0.1) is 0 Å². The third kappa shape index (κ3) is 5.79. The molecule has 3 amide bonds. The van der Waals surface area contributed by atoms with Gasteiger partial charge in [0.05, 0.1) is 6.67 Å². The number of hydrogen-bond donors (Lipinski definition) is 1. The summed E-state index contributed by atoms with van der Waals surface area (Å²) in [6.45, 7) is 1.53. The molecule has 2 saturated heterocycles. The summed E-state index contributed by atoms with van der Waals surface area (Å²) in [7, 11) is 0. The number of piperidine rings is 1. The number of fused-ring (bicyclic) bond motifs is 1. The van der Waals surface area contributed by atoms with E-state index in [0.717, 1.165) is 22.0 Å². The predicted octanol–water partition coefficient (Wildman–Crippen LogP) is 5.79. The molecule has 0 aliphatic carbocycles. The van der Waals surface area contributed by atoms with Gasteiger partial charge in [0.15, 0.2) is 0 Å². The van der Waals surface area contributed by atoms with Gasteiger partial charge < -0.3 is 20.0 Å². The van der Waals surface area contributed by atoms with Crippen molar-refractivity contribution < 1.29 is 14.4 Å². The third-order valence-electron chi connectivity index (χ3n) is 8.55. The van der Waals surface area contributed by atoms with E-state index in [-0.39, 0.29) is 24.3 Å². The van der Waals surface area contributed by atoms with E-state index < -0.39 is 5.54 Å². The Balaban J connectivity index is 1.15. The highest BCUT2D eigenvalue weighted by atomic mass is 35.5. The number of nitrogens with zero attached hydrogens (tertiary/aromatic N) is 3. The average molecular weight is 616 g/mol. The molecule has 0 atom stereocenters. The van der Waals surface area contributed by atoms with Crippen LogP contribution in [0.25, 0.3) is 10.8 Å². The molecule has 0 unspecified atom stereocenters. The number of anilines is 1. The van der Waals surface area contributed by atoms with Gasteiger partial charge in [-0.1, -0.05) is 83.9 Å². The Bertz CT molecular complexity index is 1670. The molecule has 2 aliphatic heterocycles. The molecule has 0 bridgehead atoms. The van der Waals surface area contributed by atoms with E-state index in [1.807, 2.05) is 83.8 Å². The first-order valence-electron chi connectivity index (χ1n) is 14.5. The van der Waals surface area contributed by atoms with Gasteiger partial charge in [0.1, 0.15) is 12.1 Å². The Kier molecular flexibility index (Phi) is 8.28. The van der Waals surface area contributed by atoms with Crippen LogP contribution in [0.3, 0.4) is 0 Å². The number of halogens is 2.